The highest BCUT2D eigenvalue weighted by Gasteiger charge is 2.24. The molecule has 158 valence electrons. The Labute approximate surface area is 179 Å². The van der Waals surface area contributed by atoms with Gasteiger partial charge in [-0.15, -0.1) is 0 Å². The number of primary amides is 1. The minimum absolute atomic E-state index is 0.172. The summed E-state index contributed by atoms with van der Waals surface area (Å²) in [4.78, 5) is 35.7. The van der Waals surface area contributed by atoms with Gasteiger partial charge in [-0.1, -0.05) is 43.6 Å². The molecular weight excluding hydrogens is 408 g/mol. The fourth-order valence-electron chi connectivity index (χ4n) is 2.47. The second-order valence-electron chi connectivity index (χ2n) is 6.77. The molecule has 2 rings (SSSR count). The Balaban J connectivity index is 1.99. The summed E-state index contributed by atoms with van der Waals surface area (Å²) in [5, 5.41) is 7.06. The molecule has 9 heteroatoms. The van der Waals surface area contributed by atoms with E-state index in [1.807, 2.05) is 13.8 Å². The quantitative estimate of drug-likeness (QED) is 0.416. The Hall–Kier alpha value is -3.39. The van der Waals surface area contributed by atoms with Gasteiger partial charge in [0.2, 0.25) is 0 Å². The van der Waals surface area contributed by atoms with Gasteiger partial charge in [0, 0.05) is 10.6 Å². The second-order valence-corrected chi connectivity index (χ2v) is 7.20. The number of nitrogens with zero attached hydrogens (tertiary/aromatic N) is 1. The molecule has 0 aromatic heterocycles. The predicted octanol–water partition coefficient (Wildman–Crippen LogP) is 2.11. The minimum Gasteiger partial charge on any atom is -0.484 e. The molecule has 4 N–H and O–H groups in total. The molecule has 0 heterocycles. The molecule has 8 nitrogen and oxygen atoms in total. The van der Waals surface area contributed by atoms with E-state index in [9.17, 15) is 14.4 Å². The van der Waals surface area contributed by atoms with Crippen LogP contribution >= 0.6 is 11.6 Å². The predicted molar refractivity (Wildman–Crippen MR) is 114 cm³/mol. The summed E-state index contributed by atoms with van der Waals surface area (Å²) < 4.78 is 5.22. The highest BCUT2D eigenvalue weighted by molar-refractivity contribution is 6.31. The van der Waals surface area contributed by atoms with E-state index in [0.717, 1.165) is 0 Å². The molecule has 1 unspecified atom stereocenters. The number of nitrogens with two attached hydrogens (primary N) is 1. The Morgan fingerprint density at radius 1 is 1.17 bits per heavy atom. The van der Waals surface area contributed by atoms with Gasteiger partial charge in [0.15, 0.2) is 6.61 Å². The molecule has 0 fully saturated rings. The van der Waals surface area contributed by atoms with Crippen LogP contribution in [0.4, 0.5) is 0 Å². The summed E-state index contributed by atoms with van der Waals surface area (Å²) >= 11 is 5.91. The maximum atomic E-state index is 12.5. The fraction of sp³-hybridized carbons (Fsp3) is 0.238. The molecule has 30 heavy (non-hydrogen) atoms. The molecule has 2 aromatic rings. The molecule has 2 aromatic carbocycles. The van der Waals surface area contributed by atoms with E-state index < -0.39 is 23.8 Å². The lowest BCUT2D eigenvalue weighted by molar-refractivity contribution is -0.124. The average Bonchev–Trinajstić information content (AvgIpc) is 2.70. The van der Waals surface area contributed by atoms with Crippen LogP contribution in [-0.2, 0) is 9.59 Å². The van der Waals surface area contributed by atoms with Gasteiger partial charge in [0.25, 0.3) is 17.7 Å². The van der Waals surface area contributed by atoms with Crippen LogP contribution in [0.5, 0.6) is 5.75 Å². The van der Waals surface area contributed by atoms with Gasteiger partial charge in [0.05, 0.1) is 6.21 Å². The van der Waals surface area contributed by atoms with Crippen molar-refractivity contribution in [1.82, 2.24) is 10.7 Å². The third-order valence-corrected chi connectivity index (χ3v) is 4.19. The van der Waals surface area contributed by atoms with Crippen molar-refractivity contribution in [3.8, 4) is 5.75 Å². The summed E-state index contributed by atoms with van der Waals surface area (Å²) in [6.07, 6.45) is 1.42. The maximum absolute atomic E-state index is 12.5. The van der Waals surface area contributed by atoms with Crippen molar-refractivity contribution in [3.05, 3.63) is 64.7 Å². The van der Waals surface area contributed by atoms with E-state index in [0.29, 0.717) is 21.9 Å². The van der Waals surface area contributed by atoms with E-state index >= 15 is 0 Å². The highest BCUT2D eigenvalue weighted by atomic mass is 35.5. The monoisotopic (exact) mass is 430 g/mol. The van der Waals surface area contributed by atoms with Gasteiger partial charge in [0.1, 0.15) is 11.8 Å². The van der Waals surface area contributed by atoms with Crippen molar-refractivity contribution in [2.24, 2.45) is 16.8 Å². The van der Waals surface area contributed by atoms with E-state index in [4.69, 9.17) is 22.1 Å². The number of hydrogen-bond donors (Lipinski definition) is 3. The first kappa shape index (κ1) is 22.9. The normalized spacial score (nSPS) is 11.9. The third-order valence-electron chi connectivity index (χ3n) is 3.95. The van der Waals surface area contributed by atoms with Gasteiger partial charge in [-0.25, -0.2) is 5.43 Å². The fourth-order valence-corrected chi connectivity index (χ4v) is 2.66. The lowest BCUT2D eigenvalue weighted by atomic mass is 10.0. The number of carbonyl (C=O) groups excluding carboxylic acids is 3. The van der Waals surface area contributed by atoms with Crippen molar-refractivity contribution in [2.45, 2.75) is 19.9 Å². The zero-order chi connectivity index (χ0) is 22.1. The first-order chi connectivity index (χ1) is 14.3. The lowest BCUT2D eigenvalue weighted by Crippen LogP contribution is -2.48. The zero-order valence-corrected chi connectivity index (χ0v) is 17.3. The van der Waals surface area contributed by atoms with E-state index in [-0.39, 0.29) is 12.5 Å². The van der Waals surface area contributed by atoms with E-state index in [1.165, 1.54) is 12.3 Å². The molecule has 1 atom stereocenters. The molecule has 0 aliphatic carbocycles. The Bertz CT molecular complexity index is 946. The summed E-state index contributed by atoms with van der Waals surface area (Å²) in [5.74, 6) is -1.18. The van der Waals surface area contributed by atoms with Crippen molar-refractivity contribution in [2.75, 3.05) is 6.61 Å². The topological polar surface area (TPSA) is 123 Å². The number of benzene rings is 2. The maximum Gasteiger partial charge on any atom is 0.262 e. The first-order valence-corrected chi connectivity index (χ1v) is 9.54. The zero-order valence-electron chi connectivity index (χ0n) is 16.6. The number of hydrogen-bond acceptors (Lipinski definition) is 5. The summed E-state index contributed by atoms with van der Waals surface area (Å²) in [6.45, 7) is 3.39. The molecule has 0 aliphatic heterocycles. The molecule has 3 amide bonds. The van der Waals surface area contributed by atoms with Crippen LogP contribution in [0.3, 0.4) is 0 Å². The molecule has 0 spiro atoms. The molecule has 0 aliphatic rings. The van der Waals surface area contributed by atoms with Gasteiger partial charge in [-0.05, 0) is 41.8 Å². The second kappa shape index (κ2) is 11.0. The minimum atomic E-state index is -0.793. The SMILES string of the molecule is CC(C)C(NC(=O)c1cccc(Cl)c1)C(=O)NN=Cc1cccc(OCC(N)=O)c1. The van der Waals surface area contributed by atoms with Crippen molar-refractivity contribution in [1.29, 1.82) is 0 Å². The Morgan fingerprint density at radius 3 is 2.57 bits per heavy atom. The molecule has 0 bridgehead atoms. The van der Waals surface area contributed by atoms with Gasteiger partial charge >= 0.3 is 0 Å². The largest absolute Gasteiger partial charge is 0.484 e. The number of nitrogens with one attached hydrogen (secondary N) is 2. The lowest BCUT2D eigenvalue weighted by Gasteiger charge is -2.20. The van der Waals surface area contributed by atoms with Crippen LogP contribution in [0, 0.1) is 5.92 Å². The van der Waals surface area contributed by atoms with Crippen LogP contribution in [0.25, 0.3) is 0 Å². The number of carbonyl (C=O) groups is 3. The van der Waals surface area contributed by atoms with Crippen molar-refractivity contribution in [3.63, 3.8) is 0 Å². The summed E-state index contributed by atoms with van der Waals surface area (Å²) in [5.41, 5.74) is 8.47. The first-order valence-electron chi connectivity index (χ1n) is 9.16. The highest BCUT2D eigenvalue weighted by Crippen LogP contribution is 2.13. The van der Waals surface area contributed by atoms with Crippen molar-refractivity contribution < 1.29 is 19.1 Å². The molecule has 0 saturated carbocycles. The summed E-state index contributed by atoms with van der Waals surface area (Å²) in [7, 11) is 0. The van der Waals surface area contributed by atoms with Crippen LogP contribution in [0.15, 0.2) is 53.6 Å². The Morgan fingerprint density at radius 2 is 1.90 bits per heavy atom. The van der Waals surface area contributed by atoms with Gasteiger partial charge < -0.3 is 15.8 Å². The van der Waals surface area contributed by atoms with E-state index in [1.54, 1.807) is 42.5 Å². The molecule has 0 radical (unpaired) electrons. The standard InChI is InChI=1S/C21H23ClN4O4/c1-13(2)19(25-20(28)15-6-4-7-16(22)10-15)21(29)26-24-11-14-5-3-8-17(9-14)30-12-18(23)27/h3-11,13,19H,12H2,1-2H3,(H2,23,27)(H,25,28)(H,26,29). The van der Waals surface area contributed by atoms with Crippen LogP contribution in [-0.4, -0.2) is 36.6 Å². The number of amides is 3. The number of rotatable bonds is 9. The average molecular weight is 431 g/mol. The number of halogens is 1. The smallest absolute Gasteiger partial charge is 0.262 e. The molecule has 0 saturated heterocycles. The summed E-state index contributed by atoms with van der Waals surface area (Å²) in [6, 6.07) is 12.4. The molecular formula is C21H23ClN4O4. The van der Waals surface area contributed by atoms with Gasteiger partial charge in [-0.2, -0.15) is 5.10 Å². The van der Waals surface area contributed by atoms with Crippen LogP contribution in [0.1, 0.15) is 29.8 Å². The number of hydrazone groups is 1. The van der Waals surface area contributed by atoms with Crippen LogP contribution < -0.4 is 21.2 Å². The Kier molecular flexibility index (Phi) is 8.37. The van der Waals surface area contributed by atoms with Crippen molar-refractivity contribution >= 4 is 35.5 Å². The number of ether oxygens (including phenoxy) is 1. The van der Waals surface area contributed by atoms with Crippen LogP contribution in [0.2, 0.25) is 5.02 Å². The van der Waals surface area contributed by atoms with E-state index in [2.05, 4.69) is 15.8 Å². The third kappa shape index (κ3) is 7.21. The van der Waals surface area contributed by atoms with Gasteiger partial charge in [-0.3, -0.25) is 14.4 Å².